The van der Waals surface area contributed by atoms with E-state index in [0.717, 1.165) is 16.9 Å². The van der Waals surface area contributed by atoms with Crippen LogP contribution in [0.15, 0.2) is 48.0 Å². The van der Waals surface area contributed by atoms with Gasteiger partial charge < -0.3 is 10.1 Å². The van der Waals surface area contributed by atoms with Crippen LogP contribution in [0.2, 0.25) is 0 Å². The summed E-state index contributed by atoms with van der Waals surface area (Å²) < 4.78 is 6.40. The molecule has 1 aromatic carbocycles. The Morgan fingerprint density at radius 3 is 2.69 bits per heavy atom. The van der Waals surface area contributed by atoms with Gasteiger partial charge in [0.2, 0.25) is 5.91 Å². The van der Waals surface area contributed by atoms with Crippen LogP contribution in [0.25, 0.3) is 0 Å². The summed E-state index contributed by atoms with van der Waals surface area (Å²) in [5.74, 6) is -0.522. The van der Waals surface area contributed by atoms with Crippen molar-refractivity contribution in [1.82, 2.24) is 25.2 Å². The zero-order chi connectivity index (χ0) is 22.5. The van der Waals surface area contributed by atoms with Crippen LogP contribution >= 0.6 is 11.3 Å². The Morgan fingerprint density at radius 2 is 2.00 bits per heavy atom. The van der Waals surface area contributed by atoms with Crippen molar-refractivity contribution < 1.29 is 14.3 Å². The molecule has 0 spiro atoms. The summed E-state index contributed by atoms with van der Waals surface area (Å²) >= 11 is 1.62. The maximum atomic E-state index is 13.1. The second kappa shape index (κ2) is 10.1. The second-order valence-corrected chi connectivity index (χ2v) is 8.91. The van der Waals surface area contributed by atoms with Gasteiger partial charge in [-0.2, -0.15) is 0 Å². The normalized spacial score (nSPS) is 18.6. The Bertz CT molecular complexity index is 1050. The Balaban J connectivity index is 1.50. The van der Waals surface area contributed by atoms with Gasteiger partial charge in [-0.05, 0) is 35.4 Å². The molecule has 9 heteroatoms. The van der Waals surface area contributed by atoms with Crippen LogP contribution < -0.4 is 5.32 Å². The molecule has 0 bridgehead atoms. The van der Waals surface area contributed by atoms with E-state index < -0.39 is 5.97 Å². The van der Waals surface area contributed by atoms with E-state index >= 15 is 0 Å². The number of benzene rings is 1. The number of thiophene rings is 1. The summed E-state index contributed by atoms with van der Waals surface area (Å²) in [4.78, 5) is 28.2. The molecule has 0 radical (unpaired) electrons. The molecule has 2 atom stereocenters. The van der Waals surface area contributed by atoms with Crippen molar-refractivity contribution in [3.63, 3.8) is 0 Å². The molecule has 1 amide bonds. The van der Waals surface area contributed by atoms with E-state index in [1.54, 1.807) is 22.2 Å². The topological polar surface area (TPSA) is 89.3 Å². The molecule has 1 aliphatic rings. The number of likely N-dealkylation sites (tertiary alicyclic amines) is 1. The zero-order valence-corrected chi connectivity index (χ0v) is 19.0. The van der Waals surface area contributed by atoms with Crippen molar-refractivity contribution in [2.45, 2.75) is 44.9 Å². The molecular formula is C23H27N5O3S. The molecule has 1 N–H and O–H groups in total. The molecule has 0 saturated carbocycles. The van der Waals surface area contributed by atoms with E-state index in [-0.39, 0.29) is 23.7 Å². The molecule has 4 rings (SSSR count). The Labute approximate surface area is 191 Å². The van der Waals surface area contributed by atoms with E-state index in [4.69, 9.17) is 4.74 Å². The number of ether oxygens (including phenoxy) is 1. The molecule has 2 aromatic heterocycles. The number of hydrogen-bond acceptors (Lipinski definition) is 7. The summed E-state index contributed by atoms with van der Waals surface area (Å²) in [5, 5.41) is 13.1. The van der Waals surface area contributed by atoms with Gasteiger partial charge >= 0.3 is 5.97 Å². The van der Waals surface area contributed by atoms with Gasteiger partial charge in [-0.15, -0.1) is 16.4 Å². The number of carbonyl (C=O) groups excluding carboxylic acids is 2. The zero-order valence-electron chi connectivity index (χ0n) is 18.2. The summed E-state index contributed by atoms with van der Waals surface area (Å²) in [6.07, 6.45) is 3.18. The van der Waals surface area contributed by atoms with E-state index in [1.807, 2.05) is 17.5 Å². The van der Waals surface area contributed by atoms with Gasteiger partial charge in [-0.3, -0.25) is 9.69 Å². The lowest BCUT2D eigenvalue weighted by Crippen LogP contribution is -2.42. The van der Waals surface area contributed by atoms with Crippen molar-refractivity contribution in [3.8, 4) is 0 Å². The lowest BCUT2D eigenvalue weighted by Gasteiger charge is -2.23. The number of esters is 1. The summed E-state index contributed by atoms with van der Waals surface area (Å²) in [6, 6.07) is 12.1. The number of methoxy groups -OCH3 is 1. The van der Waals surface area contributed by atoms with Gasteiger partial charge in [0, 0.05) is 18.0 Å². The molecule has 0 aliphatic carbocycles. The Morgan fingerprint density at radius 1 is 1.22 bits per heavy atom. The van der Waals surface area contributed by atoms with E-state index in [2.05, 4.69) is 51.7 Å². The van der Waals surface area contributed by atoms with Crippen molar-refractivity contribution in [2.75, 3.05) is 13.7 Å². The molecule has 3 heterocycles. The molecule has 32 heavy (non-hydrogen) atoms. The van der Waals surface area contributed by atoms with Gasteiger partial charge in [0.1, 0.15) is 0 Å². The number of carbonyl (C=O) groups is 2. The predicted octanol–water partition coefficient (Wildman–Crippen LogP) is 2.82. The summed E-state index contributed by atoms with van der Waals surface area (Å²) in [7, 11) is 1.32. The fraction of sp³-hybridized carbons (Fsp3) is 0.391. The van der Waals surface area contributed by atoms with Crippen molar-refractivity contribution in [2.24, 2.45) is 0 Å². The molecule has 1 fully saturated rings. The van der Waals surface area contributed by atoms with Crippen LogP contribution in [0.3, 0.4) is 0 Å². The van der Waals surface area contributed by atoms with Crippen LogP contribution in [-0.2, 0) is 29.0 Å². The second-order valence-electron chi connectivity index (χ2n) is 7.88. The molecule has 3 aromatic rings. The average molecular weight is 454 g/mol. The lowest BCUT2D eigenvalue weighted by molar-refractivity contribution is -0.125. The fourth-order valence-corrected chi connectivity index (χ4v) is 4.64. The molecular weight excluding hydrogens is 426 g/mol. The summed E-state index contributed by atoms with van der Waals surface area (Å²) in [6.45, 7) is 3.95. The number of nitrogens with one attached hydrogen (secondary N) is 1. The van der Waals surface area contributed by atoms with Gasteiger partial charge in [-0.1, -0.05) is 42.5 Å². The highest BCUT2D eigenvalue weighted by molar-refractivity contribution is 7.09. The average Bonchev–Trinajstić information content (AvgIpc) is 3.58. The predicted molar refractivity (Wildman–Crippen MR) is 121 cm³/mol. The van der Waals surface area contributed by atoms with Crippen LogP contribution in [-0.4, -0.2) is 51.5 Å². The van der Waals surface area contributed by atoms with E-state index in [1.165, 1.54) is 12.7 Å². The van der Waals surface area contributed by atoms with Crippen LogP contribution in [0.1, 0.15) is 45.9 Å². The van der Waals surface area contributed by atoms with Crippen LogP contribution in [0.4, 0.5) is 0 Å². The fourth-order valence-electron chi connectivity index (χ4n) is 3.99. The number of rotatable bonds is 8. The maximum absolute atomic E-state index is 13.1. The minimum Gasteiger partial charge on any atom is -0.464 e. The highest BCUT2D eigenvalue weighted by atomic mass is 32.1. The smallest absolute Gasteiger partial charge is 0.360 e. The Hall–Kier alpha value is -3.04. The number of nitrogens with zero attached hydrogens (tertiary/aromatic N) is 4. The minimum absolute atomic E-state index is 0.000569. The van der Waals surface area contributed by atoms with Crippen molar-refractivity contribution >= 4 is 23.2 Å². The molecule has 168 valence electrons. The number of hydrogen-bond donors (Lipinski definition) is 1. The molecule has 8 nitrogen and oxygen atoms in total. The standard InChI is InChI=1S/C23H27N5O3S/c1-3-16-6-8-17(9-7-16)13-27-14-18(28-15-20(25-26-28)23(30)31-2)11-21(27)22(29)24-12-19-5-4-10-32-19/h4-10,15,18,21H,3,11-14H2,1-2H3,(H,24,29)/t18-,21+/m1/s1. The largest absolute Gasteiger partial charge is 0.464 e. The Kier molecular flexibility index (Phi) is 6.96. The minimum atomic E-state index is -0.521. The highest BCUT2D eigenvalue weighted by Crippen LogP contribution is 2.29. The number of amides is 1. The third kappa shape index (κ3) is 5.05. The van der Waals surface area contributed by atoms with Gasteiger partial charge in [-0.25, -0.2) is 9.48 Å². The molecule has 0 unspecified atom stereocenters. The number of aromatic nitrogens is 3. The lowest BCUT2D eigenvalue weighted by atomic mass is 10.1. The highest BCUT2D eigenvalue weighted by Gasteiger charge is 2.38. The quantitative estimate of drug-likeness (QED) is 0.528. The van der Waals surface area contributed by atoms with Gasteiger partial charge in [0.25, 0.3) is 0 Å². The van der Waals surface area contributed by atoms with Gasteiger partial charge in [0.15, 0.2) is 5.69 Å². The number of aryl methyl sites for hydroxylation is 1. The summed E-state index contributed by atoms with van der Waals surface area (Å²) in [5.41, 5.74) is 2.61. The molecule has 1 saturated heterocycles. The van der Waals surface area contributed by atoms with Crippen molar-refractivity contribution in [1.29, 1.82) is 0 Å². The third-order valence-corrected chi connectivity index (χ3v) is 6.67. The van der Waals surface area contributed by atoms with Crippen LogP contribution in [0, 0.1) is 0 Å². The monoisotopic (exact) mass is 453 g/mol. The first-order valence-electron chi connectivity index (χ1n) is 10.7. The van der Waals surface area contributed by atoms with E-state index in [0.29, 0.717) is 26.1 Å². The SMILES string of the molecule is CCc1ccc(CN2C[C@H](n3cc(C(=O)OC)nn3)C[C@H]2C(=O)NCc2cccs2)cc1. The first kappa shape index (κ1) is 22.2. The van der Waals surface area contributed by atoms with Crippen molar-refractivity contribution in [3.05, 3.63) is 69.7 Å². The van der Waals surface area contributed by atoms with Crippen LogP contribution in [0.5, 0.6) is 0 Å². The first-order chi connectivity index (χ1) is 15.6. The van der Waals surface area contributed by atoms with E-state index in [9.17, 15) is 9.59 Å². The maximum Gasteiger partial charge on any atom is 0.360 e. The van der Waals surface area contributed by atoms with Gasteiger partial charge in [0.05, 0.1) is 31.9 Å². The molecule has 1 aliphatic heterocycles. The third-order valence-electron chi connectivity index (χ3n) is 5.80. The first-order valence-corrected chi connectivity index (χ1v) is 11.6.